The maximum atomic E-state index is 4.41. The highest BCUT2D eigenvalue weighted by Crippen LogP contribution is 2.15. The monoisotopic (exact) mass is 267 g/mol. The Labute approximate surface area is 117 Å². The highest BCUT2D eigenvalue weighted by atomic mass is 15.3. The zero-order valence-corrected chi connectivity index (χ0v) is 11.6. The average molecular weight is 267 g/mol. The number of para-hydroxylation sites is 1. The van der Waals surface area contributed by atoms with Gasteiger partial charge in [-0.15, -0.1) is 0 Å². The summed E-state index contributed by atoms with van der Waals surface area (Å²) in [6.45, 7) is 2.70. The molecule has 0 fully saturated rings. The van der Waals surface area contributed by atoms with Gasteiger partial charge in [0.2, 0.25) is 0 Å². The van der Waals surface area contributed by atoms with Gasteiger partial charge in [-0.2, -0.15) is 5.10 Å². The second-order valence-electron chi connectivity index (χ2n) is 4.70. The highest BCUT2D eigenvalue weighted by Gasteiger charge is 2.08. The van der Waals surface area contributed by atoms with Crippen molar-refractivity contribution >= 4 is 5.82 Å². The lowest BCUT2D eigenvalue weighted by Crippen LogP contribution is -2.07. The van der Waals surface area contributed by atoms with Gasteiger partial charge >= 0.3 is 0 Å². The zero-order chi connectivity index (χ0) is 13.9. The number of nitrogens with zero attached hydrogens (tertiary/aromatic N) is 4. The Bertz CT molecular complexity index is 696. The Morgan fingerprint density at radius 2 is 1.95 bits per heavy atom. The average Bonchev–Trinajstić information content (AvgIpc) is 3.03. The van der Waals surface area contributed by atoms with Gasteiger partial charge in [0.05, 0.1) is 18.4 Å². The lowest BCUT2D eigenvalue weighted by molar-refractivity contribution is 0.767. The molecule has 0 aliphatic heterocycles. The van der Waals surface area contributed by atoms with Crippen LogP contribution in [0.1, 0.15) is 11.5 Å². The van der Waals surface area contributed by atoms with E-state index < -0.39 is 0 Å². The first-order valence-corrected chi connectivity index (χ1v) is 6.56. The molecule has 0 aliphatic rings. The fourth-order valence-electron chi connectivity index (χ4n) is 2.24. The predicted molar refractivity (Wildman–Crippen MR) is 78.8 cm³/mol. The summed E-state index contributed by atoms with van der Waals surface area (Å²) in [5.41, 5.74) is 2.24. The van der Waals surface area contributed by atoms with Crippen LogP contribution in [0.2, 0.25) is 0 Å². The summed E-state index contributed by atoms with van der Waals surface area (Å²) in [6, 6.07) is 12.2. The fraction of sp³-hybridized carbons (Fsp3) is 0.200. The molecule has 102 valence electrons. The van der Waals surface area contributed by atoms with Crippen molar-refractivity contribution in [3.63, 3.8) is 0 Å². The van der Waals surface area contributed by atoms with Crippen LogP contribution in [-0.2, 0) is 13.6 Å². The quantitative estimate of drug-likeness (QED) is 0.790. The molecule has 0 saturated heterocycles. The summed E-state index contributed by atoms with van der Waals surface area (Å²) in [7, 11) is 1.91. The van der Waals surface area contributed by atoms with Crippen LogP contribution in [0.4, 0.5) is 5.82 Å². The van der Waals surface area contributed by atoms with Crippen LogP contribution in [0.15, 0.2) is 48.8 Å². The van der Waals surface area contributed by atoms with Gasteiger partial charge in [-0.1, -0.05) is 18.2 Å². The number of nitrogens with one attached hydrogen (secondary N) is 1. The van der Waals surface area contributed by atoms with Crippen molar-refractivity contribution < 1.29 is 0 Å². The predicted octanol–water partition coefficient (Wildman–Crippen LogP) is 2.53. The van der Waals surface area contributed by atoms with Gasteiger partial charge in [0, 0.05) is 25.0 Å². The second kappa shape index (κ2) is 5.21. The lowest BCUT2D eigenvalue weighted by atomic mass is 10.3. The molecule has 2 heterocycles. The van der Waals surface area contributed by atoms with Gasteiger partial charge in [-0.3, -0.25) is 9.25 Å². The largest absolute Gasteiger partial charge is 0.363 e. The number of hydrogen-bond donors (Lipinski definition) is 1. The van der Waals surface area contributed by atoms with Crippen molar-refractivity contribution in [2.75, 3.05) is 5.32 Å². The first-order valence-electron chi connectivity index (χ1n) is 6.56. The van der Waals surface area contributed by atoms with E-state index in [4.69, 9.17) is 0 Å². The summed E-state index contributed by atoms with van der Waals surface area (Å²) < 4.78 is 3.93. The number of anilines is 1. The number of hydrogen-bond acceptors (Lipinski definition) is 3. The van der Waals surface area contributed by atoms with E-state index in [1.807, 2.05) is 50.6 Å². The third-order valence-electron chi connectivity index (χ3n) is 3.19. The van der Waals surface area contributed by atoms with Crippen molar-refractivity contribution in [1.29, 1.82) is 0 Å². The summed E-state index contributed by atoms with van der Waals surface area (Å²) in [4.78, 5) is 4.41. The topological polar surface area (TPSA) is 47.7 Å². The minimum Gasteiger partial charge on any atom is -0.363 e. The van der Waals surface area contributed by atoms with E-state index in [0.717, 1.165) is 23.0 Å². The molecule has 0 saturated carbocycles. The number of aromatic nitrogens is 4. The van der Waals surface area contributed by atoms with E-state index in [0.29, 0.717) is 6.54 Å². The molecule has 2 aromatic heterocycles. The Morgan fingerprint density at radius 1 is 1.15 bits per heavy atom. The molecular formula is C15H17N5. The maximum Gasteiger partial charge on any atom is 0.148 e. The number of benzene rings is 1. The normalized spacial score (nSPS) is 10.7. The van der Waals surface area contributed by atoms with E-state index in [1.54, 1.807) is 4.68 Å². The zero-order valence-electron chi connectivity index (χ0n) is 11.6. The van der Waals surface area contributed by atoms with Gasteiger partial charge < -0.3 is 5.32 Å². The van der Waals surface area contributed by atoms with Gasteiger partial charge in [0.15, 0.2) is 0 Å². The Balaban J connectivity index is 1.84. The molecule has 3 aromatic rings. The van der Waals surface area contributed by atoms with Crippen LogP contribution in [0.25, 0.3) is 5.69 Å². The van der Waals surface area contributed by atoms with Crippen molar-refractivity contribution in [2.45, 2.75) is 13.5 Å². The second-order valence-corrected chi connectivity index (χ2v) is 4.70. The van der Waals surface area contributed by atoms with Crippen molar-refractivity contribution in [2.24, 2.45) is 7.05 Å². The Morgan fingerprint density at radius 3 is 2.65 bits per heavy atom. The first-order chi connectivity index (χ1) is 9.74. The minimum absolute atomic E-state index is 0.687. The minimum atomic E-state index is 0.687. The SMILES string of the molecule is Cc1ncc(CNc2ccn(C)n2)n1-c1ccccc1. The van der Waals surface area contributed by atoms with Crippen LogP contribution in [0, 0.1) is 6.92 Å². The summed E-state index contributed by atoms with van der Waals surface area (Å²) in [5, 5.41) is 7.62. The summed E-state index contributed by atoms with van der Waals surface area (Å²) >= 11 is 0. The van der Waals surface area contributed by atoms with Crippen molar-refractivity contribution in [1.82, 2.24) is 19.3 Å². The molecular weight excluding hydrogens is 250 g/mol. The van der Waals surface area contributed by atoms with Gasteiger partial charge in [0.1, 0.15) is 11.6 Å². The third-order valence-corrected chi connectivity index (χ3v) is 3.19. The molecule has 5 heteroatoms. The molecule has 0 aliphatic carbocycles. The van der Waals surface area contributed by atoms with Gasteiger partial charge in [-0.25, -0.2) is 4.98 Å². The molecule has 0 unspecified atom stereocenters. The molecule has 3 rings (SSSR count). The molecule has 5 nitrogen and oxygen atoms in total. The van der Waals surface area contributed by atoms with Gasteiger partial charge in [0.25, 0.3) is 0 Å². The number of imidazole rings is 1. The molecule has 1 N–H and O–H groups in total. The Hall–Kier alpha value is -2.56. The lowest BCUT2D eigenvalue weighted by Gasteiger charge is -2.10. The molecule has 20 heavy (non-hydrogen) atoms. The van der Waals surface area contributed by atoms with E-state index in [9.17, 15) is 0 Å². The highest BCUT2D eigenvalue weighted by molar-refractivity contribution is 5.37. The van der Waals surface area contributed by atoms with Crippen molar-refractivity contribution in [3.8, 4) is 5.69 Å². The number of aryl methyl sites for hydroxylation is 2. The molecule has 0 spiro atoms. The van der Waals surface area contributed by atoms with E-state index in [1.165, 1.54) is 0 Å². The maximum absolute atomic E-state index is 4.41. The molecule has 1 aromatic carbocycles. The Kier molecular flexibility index (Phi) is 3.25. The van der Waals surface area contributed by atoms with Crippen LogP contribution in [0.5, 0.6) is 0 Å². The van der Waals surface area contributed by atoms with Crippen LogP contribution in [0.3, 0.4) is 0 Å². The third kappa shape index (κ3) is 2.42. The van der Waals surface area contributed by atoms with E-state index in [-0.39, 0.29) is 0 Å². The fourth-order valence-corrected chi connectivity index (χ4v) is 2.24. The summed E-state index contributed by atoms with van der Waals surface area (Å²) in [5.74, 6) is 1.85. The molecule has 0 radical (unpaired) electrons. The van der Waals surface area contributed by atoms with Crippen LogP contribution < -0.4 is 5.32 Å². The standard InChI is InChI=1S/C15H17N5/c1-12-16-10-14(11-17-15-8-9-19(2)18-15)20(12)13-6-4-3-5-7-13/h3-10H,11H2,1-2H3,(H,17,18). The first kappa shape index (κ1) is 12.5. The van der Waals surface area contributed by atoms with Crippen LogP contribution in [-0.4, -0.2) is 19.3 Å². The molecule has 0 atom stereocenters. The molecule has 0 bridgehead atoms. The van der Waals surface area contributed by atoms with E-state index in [2.05, 4.69) is 32.1 Å². The summed E-state index contributed by atoms with van der Waals surface area (Å²) in [6.07, 6.45) is 3.82. The smallest absolute Gasteiger partial charge is 0.148 e. The molecule has 0 amide bonds. The number of rotatable bonds is 4. The van der Waals surface area contributed by atoms with Crippen molar-refractivity contribution in [3.05, 3.63) is 60.3 Å². The van der Waals surface area contributed by atoms with Crippen LogP contribution >= 0.6 is 0 Å². The van der Waals surface area contributed by atoms with E-state index >= 15 is 0 Å². The van der Waals surface area contributed by atoms with Gasteiger partial charge in [-0.05, 0) is 19.1 Å².